The first-order valence-corrected chi connectivity index (χ1v) is 20.1. The molecule has 302 valence electrons. The topological polar surface area (TPSA) is 198 Å². The van der Waals surface area contributed by atoms with Crippen LogP contribution in [0.5, 0.6) is 11.5 Å². The van der Waals surface area contributed by atoms with Crippen molar-refractivity contribution in [2.75, 3.05) is 49.9 Å². The normalized spacial score (nSPS) is 20.2. The van der Waals surface area contributed by atoms with Crippen LogP contribution in [0.15, 0.2) is 79.1 Å². The van der Waals surface area contributed by atoms with E-state index in [1.165, 1.54) is 6.33 Å². The molecule has 59 heavy (non-hydrogen) atoms. The fraction of sp³-hybridized carbons (Fsp3) is 0.349. The van der Waals surface area contributed by atoms with E-state index in [9.17, 15) is 24.0 Å². The first-order chi connectivity index (χ1) is 28.7. The fourth-order valence-electron chi connectivity index (χ4n) is 8.73. The molecule has 0 radical (unpaired) electrons. The van der Waals surface area contributed by atoms with Crippen molar-refractivity contribution in [3.63, 3.8) is 0 Å². The molecule has 5 amide bonds. The highest BCUT2D eigenvalue weighted by Gasteiger charge is 2.45. The number of aromatic nitrogens is 4. The quantitative estimate of drug-likeness (QED) is 0.173. The van der Waals surface area contributed by atoms with E-state index >= 15 is 0 Å². The van der Waals surface area contributed by atoms with Crippen molar-refractivity contribution in [2.24, 2.45) is 5.92 Å². The Bertz CT molecular complexity index is 2450. The van der Waals surface area contributed by atoms with Gasteiger partial charge in [-0.15, -0.1) is 0 Å². The number of ether oxygens (including phenoxy) is 1. The van der Waals surface area contributed by atoms with Gasteiger partial charge in [-0.2, -0.15) is 5.10 Å². The molecule has 4 aliphatic heterocycles. The summed E-state index contributed by atoms with van der Waals surface area (Å²) < 4.78 is 7.98. The van der Waals surface area contributed by atoms with Crippen molar-refractivity contribution in [2.45, 2.75) is 50.6 Å². The minimum Gasteiger partial charge on any atom is -0.457 e. The first kappa shape index (κ1) is 37.9. The number of nitrogens with two attached hydrogens (primary N) is 1. The second-order valence-electron chi connectivity index (χ2n) is 15.5. The van der Waals surface area contributed by atoms with Gasteiger partial charge >= 0.3 is 0 Å². The van der Waals surface area contributed by atoms with Crippen molar-refractivity contribution < 1.29 is 28.7 Å². The molecule has 0 bridgehead atoms. The van der Waals surface area contributed by atoms with Crippen LogP contribution in [-0.4, -0.2) is 104 Å². The number of piperidine rings is 3. The second kappa shape index (κ2) is 15.9. The number of hydrogen-bond donors (Lipinski definition) is 3. The maximum absolute atomic E-state index is 13.3. The van der Waals surface area contributed by atoms with Gasteiger partial charge in [0.15, 0.2) is 5.65 Å². The third kappa shape index (κ3) is 7.46. The standard InChI is InChI=1S/C43H44N10O6/c44-38-36-37(26-8-11-31(12-9-26)59-30-6-2-1-3-7-30)49-53(39(36)47-25-46-38)29-5-4-19-50(24-29)22-18-45-40(55)27-16-20-51(21-17-27)28-10-13-32-33(23-28)43(58)52(42(32)57)34-14-15-35(54)48-41(34)56/h1-3,6-13,23,25,27,29,34H,4-5,14-22,24H2,(H,45,55)(H2,44,46,47)(H,48,54,56)/t29-,34?/m1/s1. The van der Waals surface area contributed by atoms with Crippen LogP contribution in [0.25, 0.3) is 22.3 Å². The Morgan fingerprint density at radius 3 is 2.41 bits per heavy atom. The molecule has 16 heteroatoms. The maximum atomic E-state index is 13.3. The molecule has 6 heterocycles. The second-order valence-corrected chi connectivity index (χ2v) is 15.5. The number of nitrogens with zero attached hydrogens (tertiary/aromatic N) is 7. The molecule has 0 spiro atoms. The molecular formula is C43H44N10O6. The van der Waals surface area contributed by atoms with Gasteiger partial charge in [-0.3, -0.25) is 39.1 Å². The lowest BCUT2D eigenvalue weighted by molar-refractivity contribution is -0.136. The van der Waals surface area contributed by atoms with Gasteiger partial charge in [0.1, 0.15) is 35.4 Å². The van der Waals surface area contributed by atoms with E-state index in [2.05, 4.69) is 30.4 Å². The number of para-hydroxylation sites is 1. The van der Waals surface area contributed by atoms with Gasteiger partial charge in [0.05, 0.1) is 22.6 Å². The van der Waals surface area contributed by atoms with E-state index in [1.54, 1.807) is 18.2 Å². The summed E-state index contributed by atoms with van der Waals surface area (Å²) in [6.45, 7) is 4.11. The number of carbonyl (C=O) groups excluding carboxylic acids is 5. The molecule has 5 aromatic rings. The molecule has 3 fully saturated rings. The van der Waals surface area contributed by atoms with Gasteiger partial charge < -0.3 is 20.7 Å². The summed E-state index contributed by atoms with van der Waals surface area (Å²) in [4.78, 5) is 78.2. The first-order valence-electron chi connectivity index (χ1n) is 20.1. The van der Waals surface area contributed by atoms with Gasteiger partial charge in [-0.05, 0) is 93.2 Å². The van der Waals surface area contributed by atoms with E-state index in [-0.39, 0.29) is 41.8 Å². The molecule has 0 aliphatic carbocycles. The molecule has 4 N–H and O–H groups in total. The Morgan fingerprint density at radius 1 is 0.864 bits per heavy atom. The number of carbonyl (C=O) groups is 5. The zero-order chi connectivity index (χ0) is 40.6. The summed E-state index contributed by atoms with van der Waals surface area (Å²) in [5.74, 6) is -0.377. The van der Waals surface area contributed by atoms with Crippen LogP contribution in [0.1, 0.15) is 65.3 Å². The minimum absolute atomic E-state index is 0.0305. The average molecular weight is 797 g/mol. The number of nitrogen functional groups attached to an aromatic ring is 1. The molecule has 2 aromatic heterocycles. The van der Waals surface area contributed by atoms with Crippen molar-refractivity contribution in [3.8, 4) is 22.8 Å². The van der Waals surface area contributed by atoms with E-state index in [4.69, 9.17) is 15.6 Å². The lowest BCUT2D eigenvalue weighted by atomic mass is 9.95. The summed E-state index contributed by atoms with van der Waals surface area (Å²) in [7, 11) is 0. The monoisotopic (exact) mass is 796 g/mol. The van der Waals surface area contributed by atoms with Crippen molar-refractivity contribution in [1.82, 2.24) is 40.2 Å². The summed E-state index contributed by atoms with van der Waals surface area (Å²) in [6, 6.07) is 21.6. The van der Waals surface area contributed by atoms with E-state index in [0.717, 1.165) is 58.9 Å². The van der Waals surface area contributed by atoms with Crippen LogP contribution in [0.2, 0.25) is 0 Å². The molecule has 9 rings (SSSR count). The Hall–Kier alpha value is -6.68. The maximum Gasteiger partial charge on any atom is 0.262 e. The van der Waals surface area contributed by atoms with Crippen LogP contribution in [0.4, 0.5) is 11.5 Å². The van der Waals surface area contributed by atoms with Gasteiger partial charge in [0.25, 0.3) is 11.8 Å². The summed E-state index contributed by atoms with van der Waals surface area (Å²) in [6.07, 6.45) is 4.84. The molecule has 4 aliphatic rings. The Labute approximate surface area is 339 Å². The highest BCUT2D eigenvalue weighted by molar-refractivity contribution is 6.23. The van der Waals surface area contributed by atoms with Crippen LogP contribution < -0.4 is 26.0 Å². The number of amides is 5. The van der Waals surface area contributed by atoms with Crippen molar-refractivity contribution in [1.29, 1.82) is 0 Å². The lowest BCUT2D eigenvalue weighted by Crippen LogP contribution is -2.54. The smallest absolute Gasteiger partial charge is 0.262 e. The zero-order valence-electron chi connectivity index (χ0n) is 32.4. The fourth-order valence-corrected chi connectivity index (χ4v) is 8.73. The van der Waals surface area contributed by atoms with Crippen LogP contribution in [-0.2, 0) is 14.4 Å². The van der Waals surface area contributed by atoms with E-state index < -0.39 is 29.7 Å². The predicted molar refractivity (Wildman–Crippen MR) is 217 cm³/mol. The number of fused-ring (bicyclic) bond motifs is 2. The molecular weight excluding hydrogens is 753 g/mol. The SMILES string of the molecule is Nc1ncnc2c1c(-c1ccc(Oc3ccccc3)cc1)nn2[C@@H]1CCCN(CCNC(=O)C2CCN(c3ccc4c(c3)C(=O)N(C3CCC(=O)NC3=O)C4=O)CC2)C1. The number of benzene rings is 3. The Balaban J connectivity index is 0.784. The number of nitrogens with one attached hydrogen (secondary N) is 2. The number of rotatable bonds is 10. The summed E-state index contributed by atoms with van der Waals surface area (Å²) in [5.41, 5.74) is 10.00. The molecule has 3 saturated heterocycles. The highest BCUT2D eigenvalue weighted by atomic mass is 16.5. The van der Waals surface area contributed by atoms with E-state index in [0.29, 0.717) is 56.2 Å². The molecule has 2 atom stereocenters. The van der Waals surface area contributed by atoms with Crippen LogP contribution in [0.3, 0.4) is 0 Å². The van der Waals surface area contributed by atoms with Gasteiger partial charge in [0.2, 0.25) is 17.7 Å². The van der Waals surface area contributed by atoms with Crippen molar-refractivity contribution >= 4 is 52.1 Å². The lowest BCUT2D eigenvalue weighted by Gasteiger charge is -2.34. The molecule has 0 saturated carbocycles. The van der Waals surface area contributed by atoms with Crippen LogP contribution >= 0.6 is 0 Å². The third-order valence-electron chi connectivity index (χ3n) is 11.8. The molecule has 3 aromatic carbocycles. The number of anilines is 2. The van der Waals surface area contributed by atoms with Gasteiger partial charge in [-0.25, -0.2) is 14.6 Å². The summed E-state index contributed by atoms with van der Waals surface area (Å²) in [5, 5.41) is 11.2. The Morgan fingerprint density at radius 2 is 1.63 bits per heavy atom. The Kier molecular flexibility index (Phi) is 10.2. The third-order valence-corrected chi connectivity index (χ3v) is 11.8. The highest BCUT2D eigenvalue weighted by Crippen LogP contribution is 2.36. The number of imide groups is 2. The average Bonchev–Trinajstić information content (AvgIpc) is 3.77. The predicted octanol–water partition coefficient (Wildman–Crippen LogP) is 3.94. The molecule has 1 unspecified atom stereocenters. The number of hydrogen-bond acceptors (Lipinski definition) is 12. The zero-order valence-corrected chi connectivity index (χ0v) is 32.4. The molecule has 16 nitrogen and oxygen atoms in total. The van der Waals surface area contributed by atoms with Crippen LogP contribution in [0, 0.1) is 5.92 Å². The van der Waals surface area contributed by atoms with Gasteiger partial charge in [-0.1, -0.05) is 18.2 Å². The van der Waals surface area contributed by atoms with Gasteiger partial charge in [0, 0.05) is 56.3 Å². The number of likely N-dealkylation sites (tertiary alicyclic amines) is 1. The van der Waals surface area contributed by atoms with E-state index in [1.807, 2.05) is 59.3 Å². The summed E-state index contributed by atoms with van der Waals surface area (Å²) >= 11 is 0. The largest absolute Gasteiger partial charge is 0.457 e. The minimum atomic E-state index is -1.01. The van der Waals surface area contributed by atoms with Crippen molar-refractivity contribution in [3.05, 3.63) is 90.3 Å².